The molecule has 0 atom stereocenters. The van der Waals surface area contributed by atoms with Crippen molar-refractivity contribution in [3.63, 3.8) is 0 Å². The molecule has 0 aliphatic carbocycles. The van der Waals surface area contributed by atoms with Crippen LogP contribution in [0.4, 0.5) is 9.18 Å². The van der Waals surface area contributed by atoms with Crippen molar-refractivity contribution in [2.45, 2.75) is 44.9 Å². The maximum atomic E-state index is 14.2. The lowest BCUT2D eigenvalue weighted by Crippen LogP contribution is -2.40. The highest BCUT2D eigenvalue weighted by atomic mass is 35.5. The highest BCUT2D eigenvalue weighted by molar-refractivity contribution is 6.30. The molecule has 2 fully saturated rings. The number of carboxylic acid groups (broad SMARTS) is 1. The van der Waals surface area contributed by atoms with Crippen molar-refractivity contribution in [3.05, 3.63) is 88.1 Å². The number of fused-ring (bicyclic) bond motifs is 1. The van der Waals surface area contributed by atoms with E-state index in [1.165, 1.54) is 6.07 Å². The van der Waals surface area contributed by atoms with Crippen LogP contribution in [0.2, 0.25) is 5.02 Å². The van der Waals surface area contributed by atoms with Gasteiger partial charge >= 0.3 is 12.1 Å². The fraction of sp³-hybridized carbons (Fsp3) is 0.375. The number of carbonyl (C=O) groups is 2. The fourth-order valence-corrected chi connectivity index (χ4v) is 5.97. The monoisotopic (exact) mass is 621 g/mol. The number of piperidine rings is 1. The number of cyclic esters (lactones) is 1. The summed E-state index contributed by atoms with van der Waals surface area (Å²) in [6.45, 7) is 4.31. The Morgan fingerprint density at radius 1 is 1.07 bits per heavy atom. The first-order chi connectivity index (χ1) is 21.3. The van der Waals surface area contributed by atoms with Crippen LogP contribution in [0.25, 0.3) is 11.0 Å². The molecule has 1 amide bonds. The van der Waals surface area contributed by atoms with Crippen LogP contribution in [0.15, 0.2) is 54.6 Å². The van der Waals surface area contributed by atoms with Gasteiger partial charge in [0, 0.05) is 47.9 Å². The van der Waals surface area contributed by atoms with Crippen LogP contribution in [0, 0.1) is 5.82 Å². The molecule has 0 spiro atoms. The van der Waals surface area contributed by atoms with Gasteiger partial charge in [-0.25, -0.2) is 23.9 Å². The van der Waals surface area contributed by atoms with E-state index in [1.54, 1.807) is 41.3 Å². The number of rotatable bonds is 10. The number of halogens is 2. The van der Waals surface area contributed by atoms with Crippen molar-refractivity contribution in [1.29, 1.82) is 0 Å². The molecule has 6 rings (SSSR count). The van der Waals surface area contributed by atoms with E-state index in [-0.39, 0.29) is 24.2 Å². The predicted molar refractivity (Wildman–Crippen MR) is 161 cm³/mol. The lowest BCUT2D eigenvalue weighted by Gasteiger charge is -2.32. The van der Waals surface area contributed by atoms with Crippen LogP contribution in [-0.4, -0.2) is 74.3 Å². The van der Waals surface area contributed by atoms with E-state index in [1.807, 2.05) is 16.7 Å². The maximum absolute atomic E-state index is 14.2. The molecular formula is C32H33ClFN5O5. The number of aromatic nitrogens is 3. The first-order valence-corrected chi connectivity index (χ1v) is 15.1. The van der Waals surface area contributed by atoms with Crippen LogP contribution >= 0.6 is 11.6 Å². The van der Waals surface area contributed by atoms with Gasteiger partial charge in [-0.15, -0.1) is 0 Å². The molecule has 4 heterocycles. The number of benzene rings is 2. The number of ether oxygens (including phenoxy) is 2. The van der Waals surface area contributed by atoms with Crippen molar-refractivity contribution < 1.29 is 28.6 Å². The van der Waals surface area contributed by atoms with Gasteiger partial charge < -0.3 is 24.0 Å². The second kappa shape index (κ2) is 13.2. The molecule has 12 heteroatoms. The summed E-state index contributed by atoms with van der Waals surface area (Å²) in [7, 11) is 0. The van der Waals surface area contributed by atoms with Crippen LogP contribution in [0.1, 0.15) is 52.6 Å². The zero-order chi connectivity index (χ0) is 30.6. The zero-order valence-corrected chi connectivity index (χ0v) is 24.9. The van der Waals surface area contributed by atoms with E-state index in [0.717, 1.165) is 54.9 Å². The zero-order valence-electron chi connectivity index (χ0n) is 24.1. The van der Waals surface area contributed by atoms with Gasteiger partial charge in [-0.1, -0.05) is 23.7 Å². The number of hydrogen-bond acceptors (Lipinski definition) is 7. The molecule has 2 saturated heterocycles. The lowest BCUT2D eigenvalue weighted by atomic mass is 9.93. The van der Waals surface area contributed by atoms with Gasteiger partial charge in [-0.2, -0.15) is 0 Å². The normalized spacial score (nSPS) is 16.3. The van der Waals surface area contributed by atoms with Gasteiger partial charge in [-0.05, 0) is 68.8 Å². The van der Waals surface area contributed by atoms with Crippen molar-refractivity contribution in [3.8, 4) is 5.88 Å². The molecule has 2 aromatic heterocycles. The molecule has 0 radical (unpaired) electrons. The standard InChI is InChI=1S/C32H33ClFN5O5/c33-24-7-5-23(25(34)18-24)20-44-30-4-1-3-26(36-30)21-9-12-37(13-10-21)19-29-35-27-8-6-22(31(40)41)17-28(27)39(29)15-14-38-11-2-16-43-32(38)42/h1,3-8,17-18,21H,2,9-16,19-20H2,(H,40,41). The van der Waals surface area contributed by atoms with E-state index < -0.39 is 11.8 Å². The highest BCUT2D eigenvalue weighted by Crippen LogP contribution is 2.29. The van der Waals surface area contributed by atoms with Crippen molar-refractivity contribution in [2.75, 3.05) is 32.8 Å². The van der Waals surface area contributed by atoms with Crippen LogP contribution in [0.3, 0.4) is 0 Å². The number of carboxylic acids is 1. The summed E-state index contributed by atoms with van der Waals surface area (Å²) >= 11 is 5.85. The largest absolute Gasteiger partial charge is 0.478 e. The Labute approximate surface area is 259 Å². The Morgan fingerprint density at radius 2 is 1.91 bits per heavy atom. The van der Waals surface area contributed by atoms with Gasteiger partial charge in [0.25, 0.3) is 0 Å². The second-order valence-electron chi connectivity index (χ2n) is 11.1. The number of likely N-dealkylation sites (tertiary alicyclic amines) is 1. The molecule has 230 valence electrons. The van der Waals surface area contributed by atoms with Gasteiger partial charge in [0.05, 0.1) is 29.7 Å². The Hall–Kier alpha value is -4.22. The van der Waals surface area contributed by atoms with Crippen LogP contribution in [-0.2, 0) is 24.4 Å². The molecule has 1 N–H and O–H groups in total. The molecule has 4 aromatic rings. The highest BCUT2D eigenvalue weighted by Gasteiger charge is 2.25. The topological polar surface area (TPSA) is 110 Å². The minimum atomic E-state index is -0.997. The molecular weight excluding hydrogens is 589 g/mol. The Morgan fingerprint density at radius 3 is 2.68 bits per heavy atom. The van der Waals surface area contributed by atoms with Crippen LogP contribution < -0.4 is 4.74 Å². The number of carbonyl (C=O) groups excluding carboxylic acids is 1. The number of hydrogen-bond donors (Lipinski definition) is 1. The molecule has 10 nitrogen and oxygen atoms in total. The summed E-state index contributed by atoms with van der Waals surface area (Å²) in [4.78, 5) is 37.5. The van der Waals surface area contributed by atoms with Gasteiger partial charge in [0.15, 0.2) is 0 Å². The van der Waals surface area contributed by atoms with Gasteiger partial charge in [-0.3, -0.25) is 4.90 Å². The van der Waals surface area contributed by atoms with E-state index in [2.05, 4.69) is 4.90 Å². The molecule has 2 aliphatic rings. The summed E-state index contributed by atoms with van der Waals surface area (Å²) in [5, 5.41) is 9.91. The molecule has 44 heavy (non-hydrogen) atoms. The first-order valence-electron chi connectivity index (χ1n) is 14.7. The maximum Gasteiger partial charge on any atom is 0.409 e. The average molecular weight is 622 g/mol. The lowest BCUT2D eigenvalue weighted by molar-refractivity contribution is 0.0694. The summed E-state index contributed by atoms with van der Waals surface area (Å²) in [6.07, 6.45) is 2.25. The SMILES string of the molecule is O=C(O)c1ccc2nc(CN3CCC(c4cccc(OCc5ccc(Cl)cc5F)n4)CC3)n(CCN3CCCOC3=O)c2c1. The molecule has 2 aliphatic heterocycles. The van der Waals surface area contributed by atoms with Gasteiger partial charge in [0.2, 0.25) is 5.88 Å². The second-order valence-corrected chi connectivity index (χ2v) is 11.6. The van der Waals surface area contributed by atoms with Gasteiger partial charge in [0.1, 0.15) is 18.2 Å². The van der Waals surface area contributed by atoms with Crippen LogP contribution in [0.5, 0.6) is 5.88 Å². The van der Waals surface area contributed by atoms with Crippen molar-refractivity contribution >= 4 is 34.7 Å². The quantitative estimate of drug-likeness (QED) is 0.239. The van der Waals surface area contributed by atoms with Crippen molar-refractivity contribution in [2.24, 2.45) is 0 Å². The number of nitrogens with zero attached hydrogens (tertiary/aromatic N) is 5. The number of pyridine rings is 1. The summed E-state index contributed by atoms with van der Waals surface area (Å²) < 4.78 is 27.2. The Kier molecular flexibility index (Phi) is 8.94. The Bertz CT molecular complexity index is 1670. The fourth-order valence-electron chi connectivity index (χ4n) is 5.81. The van der Waals surface area contributed by atoms with Crippen molar-refractivity contribution in [1.82, 2.24) is 24.3 Å². The minimum Gasteiger partial charge on any atom is -0.478 e. The number of amides is 1. The minimum absolute atomic E-state index is 0.0613. The third kappa shape index (κ3) is 6.79. The summed E-state index contributed by atoms with van der Waals surface area (Å²) in [6, 6.07) is 15.2. The van der Waals surface area contributed by atoms with E-state index in [4.69, 9.17) is 31.0 Å². The smallest absolute Gasteiger partial charge is 0.409 e. The molecule has 0 unspecified atom stereocenters. The third-order valence-corrected chi connectivity index (χ3v) is 8.47. The molecule has 0 bridgehead atoms. The number of aromatic carboxylic acids is 1. The molecule has 0 saturated carbocycles. The molecule has 2 aromatic carbocycles. The van der Waals surface area contributed by atoms with E-state index >= 15 is 0 Å². The Balaban J connectivity index is 1.11. The number of imidazole rings is 1. The van der Waals surface area contributed by atoms with E-state index in [0.29, 0.717) is 49.3 Å². The van der Waals surface area contributed by atoms with E-state index in [9.17, 15) is 19.1 Å². The average Bonchev–Trinajstić information content (AvgIpc) is 3.36. The first kappa shape index (κ1) is 29.8. The summed E-state index contributed by atoms with van der Waals surface area (Å²) in [5.41, 5.74) is 3.01. The summed E-state index contributed by atoms with van der Waals surface area (Å²) in [5.74, 6) is 0.124. The third-order valence-electron chi connectivity index (χ3n) is 8.23. The predicted octanol–water partition coefficient (Wildman–Crippen LogP) is 5.72.